The Morgan fingerprint density at radius 3 is 2.26 bits per heavy atom. The molecule has 1 amide bonds. The van der Waals surface area contributed by atoms with Crippen molar-refractivity contribution in [2.24, 2.45) is 5.92 Å². The van der Waals surface area contributed by atoms with Gasteiger partial charge in [0.1, 0.15) is 24.1 Å². The van der Waals surface area contributed by atoms with Crippen molar-refractivity contribution in [3.63, 3.8) is 0 Å². The smallest absolute Gasteiger partial charge is 0.326 e. The standard InChI is InChI=1S/C36H38N2O5/c1-26-12-18-30(19-13-26)38(35(39)29-16-17-29)22-7-23-42-31-20-14-27(15-21-31)24-33(36(40)41)37-32-10-5-6-11-34(32)43-25-28-8-3-2-4-9-28/h2-6,8-15,18-21,29,33,37H,7,16-17,22-25H2,1H3,(H,40,41). The van der Waals surface area contributed by atoms with Crippen LogP contribution in [0.25, 0.3) is 0 Å². The number of hydrogen-bond donors (Lipinski definition) is 2. The number of benzene rings is 4. The van der Waals surface area contributed by atoms with Crippen LogP contribution in [-0.2, 0) is 22.6 Å². The number of hydrogen-bond acceptors (Lipinski definition) is 5. The Bertz CT molecular complexity index is 1480. The zero-order valence-corrected chi connectivity index (χ0v) is 24.4. The van der Waals surface area contributed by atoms with E-state index in [1.54, 1.807) is 0 Å². The Morgan fingerprint density at radius 2 is 1.56 bits per heavy atom. The van der Waals surface area contributed by atoms with Gasteiger partial charge in [0.15, 0.2) is 0 Å². The summed E-state index contributed by atoms with van der Waals surface area (Å²) in [5, 5.41) is 13.1. The van der Waals surface area contributed by atoms with E-state index in [0.717, 1.165) is 35.2 Å². The number of rotatable bonds is 15. The van der Waals surface area contributed by atoms with E-state index in [9.17, 15) is 14.7 Å². The van der Waals surface area contributed by atoms with Gasteiger partial charge in [0.2, 0.25) is 5.91 Å². The highest BCUT2D eigenvalue weighted by atomic mass is 16.5. The summed E-state index contributed by atoms with van der Waals surface area (Å²) >= 11 is 0. The van der Waals surface area contributed by atoms with Crippen molar-refractivity contribution in [2.45, 2.75) is 45.3 Å². The number of anilines is 2. The number of ether oxygens (including phenoxy) is 2. The highest BCUT2D eigenvalue weighted by Crippen LogP contribution is 2.33. The zero-order valence-electron chi connectivity index (χ0n) is 24.4. The van der Waals surface area contributed by atoms with Crippen molar-refractivity contribution >= 4 is 23.3 Å². The van der Waals surface area contributed by atoms with Crippen LogP contribution in [0.5, 0.6) is 11.5 Å². The summed E-state index contributed by atoms with van der Waals surface area (Å²) < 4.78 is 12.0. The summed E-state index contributed by atoms with van der Waals surface area (Å²) in [5.74, 6) is 0.700. The molecular weight excluding hydrogens is 540 g/mol. The summed E-state index contributed by atoms with van der Waals surface area (Å²) in [6.07, 6.45) is 2.93. The van der Waals surface area contributed by atoms with Crippen molar-refractivity contribution in [3.8, 4) is 11.5 Å². The Balaban J connectivity index is 1.13. The average molecular weight is 579 g/mol. The molecule has 1 unspecified atom stereocenters. The van der Waals surface area contributed by atoms with Crippen LogP contribution in [0.3, 0.4) is 0 Å². The van der Waals surface area contributed by atoms with Gasteiger partial charge in [-0.3, -0.25) is 4.79 Å². The first-order chi connectivity index (χ1) is 21.0. The molecule has 7 nitrogen and oxygen atoms in total. The van der Waals surface area contributed by atoms with Crippen LogP contribution in [0.15, 0.2) is 103 Å². The Kier molecular flexibility index (Phi) is 9.95. The largest absolute Gasteiger partial charge is 0.494 e. The molecule has 1 atom stereocenters. The van der Waals surface area contributed by atoms with Gasteiger partial charge < -0.3 is 24.8 Å². The first-order valence-corrected chi connectivity index (χ1v) is 14.8. The van der Waals surface area contributed by atoms with Crippen LogP contribution >= 0.6 is 0 Å². The fourth-order valence-electron chi connectivity index (χ4n) is 4.85. The number of carbonyl (C=O) groups excluding carboxylic acids is 1. The molecular formula is C36H38N2O5. The molecule has 0 aliphatic heterocycles. The predicted molar refractivity (Wildman–Crippen MR) is 169 cm³/mol. The molecule has 7 heteroatoms. The number of nitrogens with one attached hydrogen (secondary N) is 1. The molecule has 0 saturated heterocycles. The van der Waals surface area contributed by atoms with Crippen molar-refractivity contribution in [3.05, 3.63) is 120 Å². The van der Waals surface area contributed by atoms with Crippen molar-refractivity contribution in [1.29, 1.82) is 0 Å². The summed E-state index contributed by atoms with van der Waals surface area (Å²) in [5.41, 5.74) is 4.63. The van der Waals surface area contributed by atoms with Gasteiger partial charge in [0, 0.05) is 24.6 Å². The number of carboxylic acids is 1. The molecule has 1 saturated carbocycles. The van der Waals surface area contributed by atoms with Gasteiger partial charge >= 0.3 is 5.97 Å². The van der Waals surface area contributed by atoms with Gasteiger partial charge in [0.25, 0.3) is 0 Å². The predicted octanol–water partition coefficient (Wildman–Crippen LogP) is 6.89. The molecule has 0 radical (unpaired) electrons. The molecule has 1 aliphatic carbocycles. The lowest BCUT2D eigenvalue weighted by atomic mass is 10.1. The molecule has 4 aromatic carbocycles. The maximum Gasteiger partial charge on any atom is 0.326 e. The van der Waals surface area contributed by atoms with Crippen LogP contribution < -0.4 is 19.7 Å². The molecule has 43 heavy (non-hydrogen) atoms. The SMILES string of the molecule is Cc1ccc(N(CCCOc2ccc(CC(Nc3ccccc3OCc3ccccc3)C(=O)O)cc2)C(=O)C2CC2)cc1. The summed E-state index contributed by atoms with van der Waals surface area (Å²) in [6.45, 7) is 3.49. The fraction of sp³-hybridized carbons (Fsp3) is 0.278. The number of para-hydroxylation sites is 2. The van der Waals surface area contributed by atoms with E-state index in [2.05, 4.69) is 5.32 Å². The van der Waals surface area contributed by atoms with Gasteiger partial charge in [0.05, 0.1) is 12.3 Å². The van der Waals surface area contributed by atoms with E-state index >= 15 is 0 Å². The first-order valence-electron chi connectivity index (χ1n) is 14.8. The second kappa shape index (κ2) is 14.4. The second-order valence-electron chi connectivity index (χ2n) is 11.0. The van der Waals surface area contributed by atoms with Crippen LogP contribution in [-0.4, -0.2) is 36.2 Å². The molecule has 0 aromatic heterocycles. The third-order valence-corrected chi connectivity index (χ3v) is 7.45. The Hall–Kier alpha value is -4.78. The third-order valence-electron chi connectivity index (χ3n) is 7.45. The summed E-state index contributed by atoms with van der Waals surface area (Å²) in [7, 11) is 0. The number of carbonyl (C=O) groups is 2. The number of carboxylic acid groups (broad SMARTS) is 1. The van der Waals surface area contributed by atoms with Crippen LogP contribution in [0.1, 0.15) is 36.0 Å². The van der Waals surface area contributed by atoms with E-state index < -0.39 is 12.0 Å². The van der Waals surface area contributed by atoms with Gasteiger partial charge in [-0.2, -0.15) is 0 Å². The first kappa shape index (κ1) is 29.7. The molecule has 1 fully saturated rings. The lowest BCUT2D eigenvalue weighted by Gasteiger charge is -2.23. The molecule has 0 spiro atoms. The van der Waals surface area contributed by atoms with Crippen LogP contribution in [0, 0.1) is 12.8 Å². The molecule has 2 N–H and O–H groups in total. The molecule has 0 bridgehead atoms. The lowest BCUT2D eigenvalue weighted by molar-refractivity contribution is -0.137. The maximum absolute atomic E-state index is 12.9. The third kappa shape index (κ3) is 8.61. The average Bonchev–Trinajstić information content (AvgIpc) is 3.88. The quantitative estimate of drug-likeness (QED) is 0.149. The number of aliphatic carboxylic acids is 1. The van der Waals surface area contributed by atoms with Crippen molar-refractivity contribution in [1.82, 2.24) is 0 Å². The van der Waals surface area contributed by atoms with E-state index in [-0.39, 0.29) is 18.2 Å². The van der Waals surface area contributed by atoms with Crippen LogP contribution in [0.4, 0.5) is 11.4 Å². The van der Waals surface area contributed by atoms with E-state index in [1.165, 1.54) is 0 Å². The normalized spacial score (nSPS) is 13.1. The van der Waals surface area contributed by atoms with Gasteiger partial charge in [-0.1, -0.05) is 72.3 Å². The zero-order chi connectivity index (χ0) is 30.0. The molecule has 0 heterocycles. The lowest BCUT2D eigenvalue weighted by Crippen LogP contribution is -2.33. The summed E-state index contributed by atoms with van der Waals surface area (Å²) in [6, 6.07) is 31.9. The second-order valence-corrected chi connectivity index (χ2v) is 11.0. The fourth-order valence-corrected chi connectivity index (χ4v) is 4.85. The molecule has 4 aromatic rings. The number of aryl methyl sites for hydroxylation is 1. The van der Waals surface area contributed by atoms with Gasteiger partial charge in [-0.15, -0.1) is 0 Å². The minimum atomic E-state index is -0.947. The van der Waals surface area contributed by atoms with E-state index in [1.807, 2.05) is 115 Å². The topological polar surface area (TPSA) is 88.1 Å². The Morgan fingerprint density at radius 1 is 0.860 bits per heavy atom. The molecule has 5 rings (SSSR count). The molecule has 1 aliphatic rings. The Labute approximate surface area is 253 Å². The maximum atomic E-state index is 12.9. The van der Waals surface area contributed by atoms with Crippen molar-refractivity contribution in [2.75, 3.05) is 23.4 Å². The van der Waals surface area contributed by atoms with Crippen molar-refractivity contribution < 1.29 is 24.2 Å². The summed E-state index contributed by atoms with van der Waals surface area (Å²) in [4.78, 5) is 26.9. The minimum Gasteiger partial charge on any atom is -0.494 e. The van der Waals surface area contributed by atoms with Gasteiger partial charge in [-0.25, -0.2) is 4.79 Å². The minimum absolute atomic E-state index is 0.147. The van der Waals surface area contributed by atoms with E-state index in [0.29, 0.717) is 43.4 Å². The highest BCUT2D eigenvalue weighted by Gasteiger charge is 2.33. The molecule has 222 valence electrons. The van der Waals surface area contributed by atoms with Crippen LogP contribution in [0.2, 0.25) is 0 Å². The van der Waals surface area contributed by atoms with Gasteiger partial charge in [-0.05, 0) is 73.7 Å². The monoisotopic (exact) mass is 578 g/mol. The van der Waals surface area contributed by atoms with E-state index in [4.69, 9.17) is 9.47 Å². The number of nitrogens with zero attached hydrogens (tertiary/aromatic N) is 1. The number of amides is 1. The highest BCUT2D eigenvalue weighted by molar-refractivity contribution is 5.96.